The van der Waals surface area contributed by atoms with Crippen molar-refractivity contribution in [2.45, 2.75) is 0 Å². The van der Waals surface area contributed by atoms with Crippen LogP contribution >= 0.6 is 34.8 Å². The van der Waals surface area contributed by atoms with Crippen LogP contribution in [0.2, 0.25) is 15.2 Å². The van der Waals surface area contributed by atoms with Gasteiger partial charge in [-0.3, -0.25) is 4.79 Å². The summed E-state index contributed by atoms with van der Waals surface area (Å²) in [7, 11) is 0. The molecule has 0 spiro atoms. The molecule has 2 rings (SSSR count). The third kappa shape index (κ3) is 2.24. The molecule has 0 saturated carbocycles. The molecule has 1 aromatic heterocycles. The summed E-state index contributed by atoms with van der Waals surface area (Å²) in [5.41, 5.74) is 5.58. The van der Waals surface area contributed by atoms with E-state index in [2.05, 4.69) is 4.98 Å². The van der Waals surface area contributed by atoms with E-state index in [-0.39, 0.29) is 16.1 Å². The largest absolute Gasteiger partial charge is 0.369 e. The van der Waals surface area contributed by atoms with E-state index in [9.17, 15) is 4.79 Å². The fraction of sp³-hybridized carbons (Fsp3) is 0. The highest BCUT2D eigenvalue weighted by Crippen LogP contribution is 2.28. The quantitative estimate of drug-likeness (QED) is 0.822. The molecule has 0 aliphatic carbocycles. The Morgan fingerprint density at radius 1 is 1.24 bits per heavy atom. The minimum atomic E-state index is -0.424. The van der Waals surface area contributed by atoms with Crippen LogP contribution in [-0.2, 0) is 0 Å². The zero-order chi connectivity index (χ0) is 12.6. The van der Waals surface area contributed by atoms with Crippen molar-refractivity contribution >= 4 is 40.8 Å². The second kappa shape index (κ2) is 4.56. The molecule has 88 valence electrons. The summed E-state index contributed by atoms with van der Waals surface area (Å²) >= 11 is 17.5. The molecule has 0 unspecified atom stereocenters. The normalized spacial score (nSPS) is 10.5. The highest BCUT2D eigenvalue weighted by atomic mass is 35.5. The minimum absolute atomic E-state index is 0.0295. The third-order valence-electron chi connectivity index (χ3n) is 2.09. The number of rotatable bonds is 1. The molecule has 0 amide bonds. The molecule has 0 aliphatic rings. The Hall–Kier alpha value is -1.23. The van der Waals surface area contributed by atoms with Gasteiger partial charge in [0.25, 0.3) is 5.56 Å². The van der Waals surface area contributed by atoms with Crippen LogP contribution in [0, 0.1) is 0 Å². The maximum Gasteiger partial charge on any atom is 0.261 e. The summed E-state index contributed by atoms with van der Waals surface area (Å²) in [6, 6.07) is 6.03. The Kier molecular flexibility index (Phi) is 3.28. The summed E-state index contributed by atoms with van der Waals surface area (Å²) < 4.78 is 1.14. The predicted molar refractivity (Wildman–Crippen MR) is 69.3 cm³/mol. The zero-order valence-electron chi connectivity index (χ0n) is 8.32. The van der Waals surface area contributed by atoms with E-state index in [0.717, 1.165) is 10.6 Å². The van der Waals surface area contributed by atoms with Crippen LogP contribution in [0.25, 0.3) is 5.69 Å². The highest BCUT2D eigenvalue weighted by Gasteiger charge is 2.12. The molecular formula is C10H6Cl3N3O. The fourth-order valence-electron chi connectivity index (χ4n) is 1.38. The Bertz CT molecular complexity index is 639. The second-order valence-corrected chi connectivity index (χ2v) is 4.36. The van der Waals surface area contributed by atoms with Gasteiger partial charge in [0, 0.05) is 6.07 Å². The Morgan fingerprint density at radius 2 is 1.94 bits per heavy atom. The summed E-state index contributed by atoms with van der Waals surface area (Å²) in [5, 5.41) is 0.583. The lowest BCUT2D eigenvalue weighted by Crippen LogP contribution is -2.22. The van der Waals surface area contributed by atoms with Crippen molar-refractivity contribution in [2.24, 2.45) is 0 Å². The molecule has 0 atom stereocenters. The molecule has 2 N–H and O–H groups in total. The number of anilines is 1. The molecule has 2 aromatic rings. The average molecular weight is 291 g/mol. The Labute approximate surface area is 112 Å². The van der Waals surface area contributed by atoms with Gasteiger partial charge < -0.3 is 5.73 Å². The molecule has 0 aliphatic heterocycles. The molecule has 4 nitrogen and oxygen atoms in total. The van der Waals surface area contributed by atoms with Crippen molar-refractivity contribution in [3.05, 3.63) is 49.8 Å². The summed E-state index contributed by atoms with van der Waals surface area (Å²) in [4.78, 5) is 15.6. The van der Waals surface area contributed by atoms with E-state index in [4.69, 9.17) is 40.5 Å². The van der Waals surface area contributed by atoms with E-state index in [1.54, 1.807) is 18.2 Å². The van der Waals surface area contributed by atoms with Gasteiger partial charge in [0.05, 0.1) is 15.7 Å². The third-order valence-corrected chi connectivity index (χ3v) is 3.09. The van der Waals surface area contributed by atoms with Gasteiger partial charge in [-0.15, -0.1) is 0 Å². The lowest BCUT2D eigenvalue weighted by atomic mass is 10.3. The number of nitrogens with two attached hydrogens (primary N) is 1. The molecule has 0 fully saturated rings. The van der Waals surface area contributed by atoms with Crippen molar-refractivity contribution in [1.29, 1.82) is 0 Å². The lowest BCUT2D eigenvalue weighted by Gasteiger charge is -2.10. The van der Waals surface area contributed by atoms with Crippen LogP contribution in [0.15, 0.2) is 29.1 Å². The van der Waals surface area contributed by atoms with Crippen molar-refractivity contribution in [2.75, 3.05) is 5.73 Å². The number of benzene rings is 1. The van der Waals surface area contributed by atoms with Crippen LogP contribution < -0.4 is 11.3 Å². The number of aromatic nitrogens is 2. The molecule has 17 heavy (non-hydrogen) atoms. The van der Waals surface area contributed by atoms with Crippen LogP contribution in [-0.4, -0.2) is 9.55 Å². The van der Waals surface area contributed by atoms with E-state index in [1.165, 1.54) is 0 Å². The number of hydrogen-bond donors (Lipinski definition) is 1. The Balaban J connectivity index is 2.78. The van der Waals surface area contributed by atoms with E-state index < -0.39 is 5.56 Å². The number of nitrogen functional groups attached to an aromatic ring is 1. The SMILES string of the molecule is Nc1nc(Cl)cc(=O)n1-c1cccc(Cl)c1Cl. The predicted octanol–water partition coefficient (Wildman–Crippen LogP) is 2.77. The molecule has 0 radical (unpaired) electrons. The van der Waals surface area contributed by atoms with Crippen LogP contribution in [0.4, 0.5) is 5.95 Å². The molecule has 7 heteroatoms. The molecule has 0 bridgehead atoms. The number of hydrogen-bond acceptors (Lipinski definition) is 3. The van der Waals surface area contributed by atoms with Gasteiger partial charge in [-0.2, -0.15) is 0 Å². The van der Waals surface area contributed by atoms with Gasteiger partial charge in [0.1, 0.15) is 5.15 Å². The van der Waals surface area contributed by atoms with Crippen molar-refractivity contribution < 1.29 is 0 Å². The molecule has 1 heterocycles. The minimum Gasteiger partial charge on any atom is -0.369 e. The van der Waals surface area contributed by atoms with E-state index in [1.807, 2.05) is 0 Å². The second-order valence-electron chi connectivity index (χ2n) is 3.18. The monoisotopic (exact) mass is 289 g/mol. The van der Waals surface area contributed by atoms with Gasteiger partial charge in [0.2, 0.25) is 5.95 Å². The average Bonchev–Trinajstić information content (AvgIpc) is 2.23. The highest BCUT2D eigenvalue weighted by molar-refractivity contribution is 6.43. The summed E-state index contributed by atoms with van der Waals surface area (Å²) in [5.74, 6) is -0.0494. The first-order chi connectivity index (χ1) is 8.00. The Morgan fingerprint density at radius 3 is 2.59 bits per heavy atom. The smallest absolute Gasteiger partial charge is 0.261 e. The fourth-order valence-corrected chi connectivity index (χ4v) is 1.94. The van der Waals surface area contributed by atoms with Gasteiger partial charge in [-0.05, 0) is 12.1 Å². The number of nitrogens with zero attached hydrogens (tertiary/aromatic N) is 2. The standard InChI is InChI=1S/C10H6Cl3N3O/c11-5-2-1-3-6(9(5)13)16-8(17)4-7(12)15-10(16)14/h1-4H,(H2,14,15). The van der Waals surface area contributed by atoms with Gasteiger partial charge >= 0.3 is 0 Å². The first-order valence-corrected chi connectivity index (χ1v) is 5.63. The van der Waals surface area contributed by atoms with Gasteiger partial charge in [0.15, 0.2) is 0 Å². The number of halogens is 3. The summed E-state index contributed by atoms with van der Waals surface area (Å²) in [6.45, 7) is 0. The maximum atomic E-state index is 11.8. The summed E-state index contributed by atoms with van der Waals surface area (Å²) in [6.07, 6.45) is 0. The molecule has 1 aromatic carbocycles. The topological polar surface area (TPSA) is 60.9 Å². The van der Waals surface area contributed by atoms with E-state index >= 15 is 0 Å². The maximum absolute atomic E-state index is 11.8. The van der Waals surface area contributed by atoms with Crippen LogP contribution in [0.1, 0.15) is 0 Å². The lowest BCUT2D eigenvalue weighted by molar-refractivity contribution is 0.956. The first-order valence-electron chi connectivity index (χ1n) is 4.50. The molecular weight excluding hydrogens is 284 g/mol. The zero-order valence-corrected chi connectivity index (χ0v) is 10.6. The van der Waals surface area contributed by atoms with Crippen molar-refractivity contribution in [3.63, 3.8) is 0 Å². The van der Waals surface area contributed by atoms with Crippen molar-refractivity contribution in [3.8, 4) is 5.69 Å². The van der Waals surface area contributed by atoms with Gasteiger partial charge in [-0.25, -0.2) is 9.55 Å². The van der Waals surface area contributed by atoms with Crippen LogP contribution in [0.5, 0.6) is 0 Å². The molecule has 0 saturated heterocycles. The van der Waals surface area contributed by atoms with Crippen molar-refractivity contribution in [1.82, 2.24) is 9.55 Å². The van der Waals surface area contributed by atoms with E-state index in [0.29, 0.717) is 10.7 Å². The van der Waals surface area contributed by atoms with Crippen LogP contribution in [0.3, 0.4) is 0 Å². The van der Waals surface area contributed by atoms with Gasteiger partial charge in [-0.1, -0.05) is 40.9 Å². The first kappa shape index (κ1) is 12.2.